The van der Waals surface area contributed by atoms with Gasteiger partial charge in [0.05, 0.1) is 11.4 Å². The minimum Gasteiger partial charge on any atom is -0.397 e. The number of nitrogens with two attached hydrogens (primary N) is 2. The van der Waals surface area contributed by atoms with Crippen LogP contribution in [0.25, 0.3) is 0 Å². The van der Waals surface area contributed by atoms with E-state index in [-0.39, 0.29) is 0 Å². The van der Waals surface area contributed by atoms with Gasteiger partial charge in [0.15, 0.2) is 0 Å². The van der Waals surface area contributed by atoms with Crippen molar-refractivity contribution in [2.45, 2.75) is 52.0 Å². The molecule has 0 heterocycles. The summed E-state index contributed by atoms with van der Waals surface area (Å²) in [6, 6.07) is 5.62. The fourth-order valence-corrected chi connectivity index (χ4v) is 2.16. The van der Waals surface area contributed by atoms with Gasteiger partial charge in [-0.1, -0.05) is 33.1 Å². The van der Waals surface area contributed by atoms with Gasteiger partial charge >= 0.3 is 0 Å². The Hall–Kier alpha value is -1.71. The molecule has 19 heavy (non-hydrogen) atoms. The van der Waals surface area contributed by atoms with E-state index in [1.54, 1.807) is 12.1 Å². The standard InChI is InChI=1S/C15H25N3O/c1-3-5-7-12(6-4-2)18-14-9-8-11(15(17)19)10-13(14)16/h8-10,12,18H,3-7,16H2,1-2H3,(H2,17,19). The number of hydrogen-bond acceptors (Lipinski definition) is 3. The summed E-state index contributed by atoms with van der Waals surface area (Å²) < 4.78 is 0. The Kier molecular flexibility index (Phi) is 6.19. The summed E-state index contributed by atoms with van der Waals surface area (Å²) in [5.41, 5.74) is 13.1. The number of benzene rings is 1. The van der Waals surface area contributed by atoms with Crippen molar-refractivity contribution in [1.82, 2.24) is 0 Å². The van der Waals surface area contributed by atoms with Crippen molar-refractivity contribution in [3.05, 3.63) is 23.8 Å². The molecule has 1 unspecified atom stereocenters. The monoisotopic (exact) mass is 263 g/mol. The summed E-state index contributed by atoms with van der Waals surface area (Å²) in [6.45, 7) is 4.37. The molecule has 0 aliphatic rings. The van der Waals surface area contributed by atoms with Crippen LogP contribution in [-0.4, -0.2) is 11.9 Å². The molecule has 1 rings (SSSR count). The maximum Gasteiger partial charge on any atom is 0.248 e. The fourth-order valence-electron chi connectivity index (χ4n) is 2.16. The van der Waals surface area contributed by atoms with Crippen molar-refractivity contribution < 1.29 is 4.79 Å². The normalized spacial score (nSPS) is 12.1. The molecule has 0 spiro atoms. The minimum atomic E-state index is -0.450. The first-order valence-electron chi connectivity index (χ1n) is 7.04. The van der Waals surface area contributed by atoms with Crippen molar-refractivity contribution in [3.63, 3.8) is 0 Å². The summed E-state index contributed by atoms with van der Waals surface area (Å²) in [5, 5.41) is 3.47. The van der Waals surface area contributed by atoms with E-state index in [2.05, 4.69) is 19.2 Å². The summed E-state index contributed by atoms with van der Waals surface area (Å²) in [7, 11) is 0. The Morgan fingerprint density at radius 2 is 2.00 bits per heavy atom. The minimum absolute atomic E-state index is 0.437. The summed E-state index contributed by atoms with van der Waals surface area (Å²) in [6.07, 6.45) is 5.80. The van der Waals surface area contributed by atoms with Crippen LogP contribution in [0.2, 0.25) is 0 Å². The lowest BCUT2D eigenvalue weighted by molar-refractivity contribution is 0.100. The summed E-state index contributed by atoms with van der Waals surface area (Å²) >= 11 is 0. The molecule has 0 radical (unpaired) electrons. The van der Waals surface area contributed by atoms with Crippen molar-refractivity contribution in [2.75, 3.05) is 11.1 Å². The second kappa shape index (κ2) is 7.67. The van der Waals surface area contributed by atoms with Crippen LogP contribution in [-0.2, 0) is 0 Å². The highest BCUT2D eigenvalue weighted by Crippen LogP contribution is 2.23. The highest BCUT2D eigenvalue weighted by atomic mass is 16.1. The number of rotatable bonds is 8. The number of carbonyl (C=O) groups excluding carboxylic acids is 1. The van der Waals surface area contributed by atoms with Crippen molar-refractivity contribution in [2.24, 2.45) is 5.73 Å². The third-order valence-electron chi connectivity index (χ3n) is 3.24. The predicted octanol–water partition coefficient (Wildman–Crippen LogP) is 3.14. The molecule has 4 heteroatoms. The molecule has 0 aliphatic heterocycles. The summed E-state index contributed by atoms with van der Waals surface area (Å²) in [5.74, 6) is -0.450. The lowest BCUT2D eigenvalue weighted by Crippen LogP contribution is -2.20. The van der Waals surface area contributed by atoms with Crippen LogP contribution in [0.15, 0.2) is 18.2 Å². The summed E-state index contributed by atoms with van der Waals surface area (Å²) in [4.78, 5) is 11.1. The van der Waals surface area contributed by atoms with Crippen molar-refractivity contribution in [3.8, 4) is 0 Å². The Morgan fingerprint density at radius 3 is 2.53 bits per heavy atom. The Labute approximate surface area is 115 Å². The van der Waals surface area contributed by atoms with Gasteiger partial charge in [-0.2, -0.15) is 0 Å². The van der Waals surface area contributed by atoms with Crippen LogP contribution in [0.1, 0.15) is 56.3 Å². The van der Waals surface area contributed by atoms with Gasteiger partial charge in [0.2, 0.25) is 5.91 Å². The molecule has 1 amide bonds. The average molecular weight is 263 g/mol. The van der Waals surface area contributed by atoms with E-state index in [1.807, 2.05) is 6.07 Å². The molecule has 4 nitrogen and oxygen atoms in total. The number of amides is 1. The Bertz CT molecular complexity index is 418. The Morgan fingerprint density at radius 1 is 1.26 bits per heavy atom. The molecule has 106 valence electrons. The van der Waals surface area contributed by atoms with E-state index in [0.29, 0.717) is 17.3 Å². The molecule has 1 aromatic carbocycles. The molecule has 1 aromatic rings. The molecule has 0 aliphatic carbocycles. The van der Waals surface area contributed by atoms with E-state index in [1.165, 1.54) is 12.8 Å². The largest absolute Gasteiger partial charge is 0.397 e. The van der Waals surface area contributed by atoms with Gasteiger partial charge in [-0.3, -0.25) is 4.79 Å². The van der Waals surface area contributed by atoms with Crippen LogP contribution in [0.5, 0.6) is 0 Å². The first-order valence-corrected chi connectivity index (χ1v) is 7.04. The number of nitrogens with one attached hydrogen (secondary N) is 1. The number of unbranched alkanes of at least 4 members (excludes halogenated alkanes) is 1. The van der Waals surface area contributed by atoms with Crippen molar-refractivity contribution >= 4 is 17.3 Å². The van der Waals surface area contributed by atoms with Gasteiger partial charge in [0, 0.05) is 11.6 Å². The van der Waals surface area contributed by atoms with Crippen LogP contribution >= 0.6 is 0 Å². The van der Waals surface area contributed by atoms with E-state index in [9.17, 15) is 4.79 Å². The zero-order valence-corrected chi connectivity index (χ0v) is 11.9. The average Bonchev–Trinajstić information content (AvgIpc) is 2.38. The maximum absolute atomic E-state index is 11.1. The molecule has 0 saturated carbocycles. The number of nitrogen functional groups attached to an aromatic ring is 1. The number of carbonyl (C=O) groups is 1. The highest BCUT2D eigenvalue weighted by molar-refractivity contribution is 5.94. The quantitative estimate of drug-likeness (QED) is 0.630. The SMILES string of the molecule is CCCCC(CCC)Nc1ccc(C(N)=O)cc1N. The third-order valence-corrected chi connectivity index (χ3v) is 3.24. The molecule has 0 bridgehead atoms. The fraction of sp³-hybridized carbons (Fsp3) is 0.533. The molecule has 1 atom stereocenters. The molecule has 0 fully saturated rings. The second-order valence-electron chi connectivity index (χ2n) is 4.94. The second-order valence-corrected chi connectivity index (χ2v) is 4.94. The van der Waals surface area contributed by atoms with E-state index in [4.69, 9.17) is 11.5 Å². The first-order chi connectivity index (χ1) is 9.08. The Balaban J connectivity index is 2.75. The molecular weight excluding hydrogens is 238 g/mol. The van der Waals surface area contributed by atoms with Crippen LogP contribution < -0.4 is 16.8 Å². The van der Waals surface area contributed by atoms with Crippen molar-refractivity contribution in [1.29, 1.82) is 0 Å². The van der Waals surface area contributed by atoms with Crippen LogP contribution in [0, 0.1) is 0 Å². The smallest absolute Gasteiger partial charge is 0.248 e. The molecule has 0 aromatic heterocycles. The van der Waals surface area contributed by atoms with Gasteiger partial charge in [-0.25, -0.2) is 0 Å². The van der Waals surface area contributed by atoms with Crippen LogP contribution in [0.4, 0.5) is 11.4 Å². The highest BCUT2D eigenvalue weighted by Gasteiger charge is 2.10. The van der Waals surface area contributed by atoms with E-state index in [0.717, 1.165) is 24.9 Å². The number of anilines is 2. The predicted molar refractivity (Wildman–Crippen MR) is 81.2 cm³/mol. The maximum atomic E-state index is 11.1. The van der Waals surface area contributed by atoms with Gasteiger partial charge < -0.3 is 16.8 Å². The lowest BCUT2D eigenvalue weighted by atomic mass is 10.0. The zero-order chi connectivity index (χ0) is 14.3. The van der Waals surface area contributed by atoms with Gasteiger partial charge in [-0.05, 0) is 31.0 Å². The molecule has 0 saturated heterocycles. The van der Waals surface area contributed by atoms with Gasteiger partial charge in [0.25, 0.3) is 0 Å². The number of primary amides is 1. The van der Waals surface area contributed by atoms with Gasteiger partial charge in [0.1, 0.15) is 0 Å². The number of hydrogen-bond donors (Lipinski definition) is 3. The van der Waals surface area contributed by atoms with E-state index < -0.39 is 5.91 Å². The van der Waals surface area contributed by atoms with Gasteiger partial charge in [-0.15, -0.1) is 0 Å². The third kappa shape index (κ3) is 4.81. The molecular formula is C15H25N3O. The van der Waals surface area contributed by atoms with Crippen LogP contribution in [0.3, 0.4) is 0 Å². The zero-order valence-electron chi connectivity index (χ0n) is 11.9. The first kappa shape index (κ1) is 15.3. The lowest BCUT2D eigenvalue weighted by Gasteiger charge is -2.20. The topological polar surface area (TPSA) is 81.1 Å². The van der Waals surface area contributed by atoms with E-state index >= 15 is 0 Å². The molecule has 5 N–H and O–H groups in total.